The fraction of sp³-hybridized carbons (Fsp3) is 0.158. The summed E-state index contributed by atoms with van der Waals surface area (Å²) in [6.45, 7) is 5.60. The molecule has 7 nitrogen and oxygen atoms in total. The first-order chi connectivity index (χ1) is 12.6. The van der Waals surface area contributed by atoms with Gasteiger partial charge in [0.2, 0.25) is 5.91 Å². The van der Waals surface area contributed by atoms with Crippen LogP contribution >= 0.6 is 0 Å². The summed E-state index contributed by atoms with van der Waals surface area (Å²) in [5.74, 6) is -2.15. The second-order valence-electron chi connectivity index (χ2n) is 6.05. The van der Waals surface area contributed by atoms with E-state index in [1.165, 1.54) is 24.3 Å². The van der Waals surface area contributed by atoms with Gasteiger partial charge in [-0.2, -0.15) is 0 Å². The molecule has 0 radical (unpaired) electrons. The number of carboxylic acid groups (broad SMARTS) is 1. The van der Waals surface area contributed by atoms with E-state index in [1.807, 2.05) is 32.9 Å². The van der Waals surface area contributed by atoms with E-state index >= 15 is 0 Å². The normalized spacial score (nSPS) is 11.4. The van der Waals surface area contributed by atoms with Gasteiger partial charge in [-0.3, -0.25) is 9.52 Å². The average Bonchev–Trinajstić information content (AvgIpc) is 2.57. The molecule has 8 heteroatoms. The number of hydrogen-bond acceptors (Lipinski definition) is 5. The van der Waals surface area contributed by atoms with Crippen molar-refractivity contribution in [1.82, 2.24) is 0 Å². The third-order valence-corrected chi connectivity index (χ3v) is 5.08. The maximum Gasteiger partial charge on any atom is 0.261 e. The molecule has 0 aliphatic heterocycles. The Morgan fingerprint density at radius 2 is 1.52 bits per heavy atom. The molecule has 0 atom stereocenters. The van der Waals surface area contributed by atoms with Gasteiger partial charge in [-0.1, -0.05) is 17.7 Å². The van der Waals surface area contributed by atoms with Gasteiger partial charge in [-0.15, -0.1) is 0 Å². The molecule has 0 saturated carbocycles. The number of aliphatic carboxylic acids is 1. The third-order valence-electron chi connectivity index (χ3n) is 3.72. The lowest BCUT2D eigenvalue weighted by atomic mass is 10.1. The maximum atomic E-state index is 12.6. The Hall–Kier alpha value is -3.13. The number of rotatable bonds is 6. The first-order valence-electron chi connectivity index (χ1n) is 7.99. The molecule has 27 heavy (non-hydrogen) atoms. The third kappa shape index (κ3) is 5.42. The van der Waals surface area contributed by atoms with E-state index in [0.717, 1.165) is 22.8 Å². The molecule has 2 N–H and O–H groups in total. The van der Waals surface area contributed by atoms with Crippen LogP contribution in [0.2, 0.25) is 0 Å². The van der Waals surface area contributed by atoms with Gasteiger partial charge in [-0.05, 0) is 62.2 Å². The van der Waals surface area contributed by atoms with Crippen molar-refractivity contribution >= 4 is 33.3 Å². The number of hydrogen-bond donors (Lipinski definition) is 2. The van der Waals surface area contributed by atoms with Gasteiger partial charge in [0.05, 0.1) is 16.6 Å². The highest BCUT2D eigenvalue weighted by molar-refractivity contribution is 7.92. The van der Waals surface area contributed by atoms with Crippen molar-refractivity contribution in [2.75, 3.05) is 10.0 Å². The lowest BCUT2D eigenvalue weighted by Gasteiger charge is -2.14. The van der Waals surface area contributed by atoms with Gasteiger partial charge < -0.3 is 15.2 Å². The zero-order valence-electron chi connectivity index (χ0n) is 15.1. The van der Waals surface area contributed by atoms with Crippen molar-refractivity contribution in [3.8, 4) is 0 Å². The molecular formula is C19H19N2O5S-. The van der Waals surface area contributed by atoms with Gasteiger partial charge in [-0.25, -0.2) is 8.42 Å². The molecule has 142 valence electrons. The van der Waals surface area contributed by atoms with Crippen LogP contribution in [0.4, 0.5) is 11.4 Å². The summed E-state index contributed by atoms with van der Waals surface area (Å²) in [6.07, 6.45) is 1.41. The number of aryl methyl sites for hydroxylation is 3. The quantitative estimate of drug-likeness (QED) is 0.732. The van der Waals surface area contributed by atoms with Crippen LogP contribution in [0.15, 0.2) is 53.4 Å². The summed E-state index contributed by atoms with van der Waals surface area (Å²) >= 11 is 0. The monoisotopic (exact) mass is 387 g/mol. The van der Waals surface area contributed by atoms with Crippen molar-refractivity contribution < 1.29 is 23.1 Å². The Balaban J connectivity index is 2.18. The van der Waals surface area contributed by atoms with E-state index in [-0.39, 0.29) is 4.90 Å². The summed E-state index contributed by atoms with van der Waals surface area (Å²) < 4.78 is 27.8. The van der Waals surface area contributed by atoms with Crippen molar-refractivity contribution in [3.05, 3.63) is 65.2 Å². The highest BCUT2D eigenvalue weighted by Gasteiger charge is 2.17. The van der Waals surface area contributed by atoms with Gasteiger partial charge in [0.1, 0.15) is 0 Å². The van der Waals surface area contributed by atoms with Crippen molar-refractivity contribution in [2.45, 2.75) is 25.7 Å². The van der Waals surface area contributed by atoms with Crippen LogP contribution in [-0.4, -0.2) is 20.3 Å². The molecule has 0 aliphatic rings. The number of anilines is 2. The molecule has 0 spiro atoms. The lowest BCUT2D eigenvalue weighted by molar-refractivity contribution is -0.297. The largest absolute Gasteiger partial charge is 0.545 e. The summed E-state index contributed by atoms with van der Waals surface area (Å²) in [5.41, 5.74) is 3.54. The first-order valence-corrected chi connectivity index (χ1v) is 9.47. The zero-order valence-corrected chi connectivity index (χ0v) is 15.9. The minimum Gasteiger partial charge on any atom is -0.545 e. The minimum atomic E-state index is -3.80. The van der Waals surface area contributed by atoms with Gasteiger partial charge in [0.25, 0.3) is 10.0 Å². The summed E-state index contributed by atoms with van der Waals surface area (Å²) in [7, 11) is -3.80. The van der Waals surface area contributed by atoms with E-state index in [9.17, 15) is 23.1 Å². The standard InChI is InChI=1S/C19H20N2O5S/c1-12-10-13(2)19(14(3)11-12)21-27(25,26)16-6-4-15(5-7-16)20-17(22)8-9-18(23)24/h4-11,21H,1-3H3,(H,20,22)(H,23,24)/p-1/b9-8+. The van der Waals surface area contributed by atoms with Crippen LogP contribution in [-0.2, 0) is 19.6 Å². The van der Waals surface area contributed by atoms with Crippen LogP contribution in [0.3, 0.4) is 0 Å². The molecule has 0 heterocycles. The van der Waals surface area contributed by atoms with Crippen LogP contribution in [0.5, 0.6) is 0 Å². The zero-order chi connectivity index (χ0) is 20.2. The van der Waals surface area contributed by atoms with E-state index in [1.54, 1.807) is 0 Å². The Morgan fingerprint density at radius 1 is 0.963 bits per heavy atom. The number of nitrogens with one attached hydrogen (secondary N) is 2. The van der Waals surface area contributed by atoms with Crippen LogP contribution in [0.1, 0.15) is 16.7 Å². The molecule has 0 aliphatic carbocycles. The van der Waals surface area contributed by atoms with E-state index < -0.39 is 21.9 Å². The van der Waals surface area contributed by atoms with Crippen LogP contribution in [0, 0.1) is 20.8 Å². The lowest BCUT2D eigenvalue weighted by Crippen LogP contribution is -2.20. The van der Waals surface area contributed by atoms with Crippen molar-refractivity contribution in [2.24, 2.45) is 0 Å². The fourth-order valence-corrected chi connectivity index (χ4v) is 3.78. The average molecular weight is 387 g/mol. The van der Waals surface area contributed by atoms with Gasteiger partial charge in [0, 0.05) is 11.8 Å². The topological polar surface area (TPSA) is 115 Å². The molecular weight excluding hydrogens is 368 g/mol. The van der Waals surface area contributed by atoms with Crippen LogP contribution in [0.25, 0.3) is 0 Å². The smallest absolute Gasteiger partial charge is 0.261 e. The Morgan fingerprint density at radius 3 is 2.04 bits per heavy atom. The van der Waals surface area contributed by atoms with Crippen molar-refractivity contribution in [1.29, 1.82) is 0 Å². The van der Waals surface area contributed by atoms with Crippen molar-refractivity contribution in [3.63, 3.8) is 0 Å². The van der Waals surface area contributed by atoms with E-state index in [2.05, 4.69) is 10.0 Å². The number of carbonyl (C=O) groups excluding carboxylic acids is 2. The molecule has 0 unspecified atom stereocenters. The highest BCUT2D eigenvalue weighted by Crippen LogP contribution is 2.25. The van der Waals surface area contributed by atoms with E-state index in [0.29, 0.717) is 17.5 Å². The van der Waals surface area contributed by atoms with E-state index in [4.69, 9.17) is 0 Å². The summed E-state index contributed by atoms with van der Waals surface area (Å²) in [6, 6.07) is 9.30. The van der Waals surface area contributed by atoms with Gasteiger partial charge in [0.15, 0.2) is 0 Å². The Labute approximate surface area is 157 Å². The number of benzene rings is 2. The second-order valence-corrected chi connectivity index (χ2v) is 7.73. The summed E-state index contributed by atoms with van der Waals surface area (Å²) in [5, 5.41) is 12.7. The Bertz CT molecular complexity index is 986. The molecule has 1 amide bonds. The second kappa shape index (κ2) is 8.05. The Kier molecular flexibility index (Phi) is 6.02. The molecule has 0 bridgehead atoms. The molecule has 0 saturated heterocycles. The molecule has 2 rings (SSSR count). The SMILES string of the molecule is Cc1cc(C)c(NS(=O)(=O)c2ccc(NC(=O)/C=C/C(=O)[O-])cc2)c(C)c1. The maximum absolute atomic E-state index is 12.6. The number of amides is 1. The molecule has 0 aromatic heterocycles. The number of sulfonamides is 1. The van der Waals surface area contributed by atoms with Gasteiger partial charge >= 0.3 is 0 Å². The predicted octanol–water partition coefficient (Wildman–Crippen LogP) is 1.66. The molecule has 2 aromatic carbocycles. The van der Waals surface area contributed by atoms with Crippen LogP contribution < -0.4 is 15.1 Å². The highest BCUT2D eigenvalue weighted by atomic mass is 32.2. The molecule has 0 fully saturated rings. The number of carbonyl (C=O) groups is 2. The first kappa shape index (κ1) is 20.2. The predicted molar refractivity (Wildman–Crippen MR) is 101 cm³/mol. The number of carboxylic acids is 1. The fourth-order valence-electron chi connectivity index (χ4n) is 2.58. The molecule has 2 aromatic rings. The minimum absolute atomic E-state index is 0.0325. The summed E-state index contributed by atoms with van der Waals surface area (Å²) in [4.78, 5) is 21.8.